The number of piperidine rings is 1. The molecule has 3 rings (SSSR count). The van der Waals surface area contributed by atoms with Gasteiger partial charge in [-0.3, -0.25) is 29.2 Å². The zero-order chi connectivity index (χ0) is 60.9. The average Bonchev–Trinajstić information content (AvgIpc) is 3.39. The van der Waals surface area contributed by atoms with Crippen molar-refractivity contribution in [2.75, 3.05) is 0 Å². The monoisotopic (exact) mass is 1060 g/mol. The third-order valence-electron chi connectivity index (χ3n) is 17.4. The van der Waals surface area contributed by atoms with Crippen molar-refractivity contribution in [3.63, 3.8) is 0 Å². The first-order valence-electron chi connectivity index (χ1n) is 30.2. The standard InChI is InChI=1S/C29H59N.C28H58N2.C12H21NO2/c1-24(2,3)19-20(25(4,5)6)22(27(10,11)12)30(29(16,17)18)23(28(13,14)15)21(19)26(7,8)9;1-23(2,3)19-20(24(4,5)6)30(28(16,17)18)22(26(10,11)12)21(25(7,8)9)29(19)27(13,14)15;1-11(2,3)8-7-9(14)13(10(8)15)12(4,5)6/h19-23H,1-18H3;19-22H,1-18H3;8H,7H2,1-6H3. The third-order valence-corrected chi connectivity index (χ3v) is 17.4. The van der Waals surface area contributed by atoms with E-state index < -0.39 is 5.54 Å². The van der Waals surface area contributed by atoms with Crippen molar-refractivity contribution < 1.29 is 9.59 Å². The SMILES string of the molecule is CC(C)(C)C1C(C(C)(C)C)C(C(C)(C)C)N(C(C)(C)C)C(C(C)(C)C)C1C(C)(C)C.CC(C)(C)C1C(C(C)(C)C)N(C(C)(C)C)C(C(C)(C)C)C(C(C)(C)C)N1C(C)(C)C.CC(C)(C)C1CC(=O)N(C(C)(C)C)C1=O. The van der Waals surface area contributed by atoms with Crippen molar-refractivity contribution in [3.8, 4) is 0 Å². The molecule has 0 aromatic heterocycles. The highest BCUT2D eigenvalue weighted by Gasteiger charge is 2.65. The lowest BCUT2D eigenvalue weighted by Crippen LogP contribution is -2.82. The van der Waals surface area contributed by atoms with Crippen molar-refractivity contribution in [1.82, 2.24) is 19.6 Å². The maximum atomic E-state index is 12.1. The Labute approximate surface area is 472 Å². The Morgan fingerprint density at radius 1 is 0.253 bits per heavy atom. The van der Waals surface area contributed by atoms with Gasteiger partial charge in [-0.15, -0.1) is 0 Å². The van der Waals surface area contributed by atoms with Crippen molar-refractivity contribution in [1.29, 1.82) is 0 Å². The summed E-state index contributed by atoms with van der Waals surface area (Å²) >= 11 is 0. The minimum atomic E-state index is -0.395. The van der Waals surface area contributed by atoms with E-state index in [4.69, 9.17) is 0 Å². The Morgan fingerprint density at radius 2 is 0.453 bits per heavy atom. The van der Waals surface area contributed by atoms with Crippen LogP contribution in [0.5, 0.6) is 0 Å². The summed E-state index contributed by atoms with van der Waals surface area (Å²) < 4.78 is 0. The molecule has 0 saturated carbocycles. The van der Waals surface area contributed by atoms with Crippen molar-refractivity contribution in [2.45, 2.75) is 356 Å². The first-order valence-corrected chi connectivity index (χ1v) is 30.2. The van der Waals surface area contributed by atoms with Crippen molar-refractivity contribution in [2.24, 2.45) is 77.8 Å². The van der Waals surface area contributed by atoms with E-state index in [2.05, 4.69) is 264 Å². The first-order chi connectivity index (χ1) is 32.0. The van der Waals surface area contributed by atoms with Gasteiger partial charge in [0.25, 0.3) is 0 Å². The van der Waals surface area contributed by atoms with E-state index in [1.807, 2.05) is 41.5 Å². The minimum Gasteiger partial charge on any atom is -0.291 e. The Bertz CT molecular complexity index is 1460. The molecule has 0 bridgehead atoms. The number of rotatable bonds is 0. The summed E-state index contributed by atoms with van der Waals surface area (Å²) in [6.07, 6.45) is 0.361. The number of hydrogen-bond acceptors (Lipinski definition) is 5. The van der Waals surface area contributed by atoms with Crippen LogP contribution in [0.4, 0.5) is 0 Å². The molecule has 0 spiro atoms. The number of imide groups is 1. The maximum Gasteiger partial charge on any atom is 0.233 e. The zero-order valence-electron chi connectivity index (χ0n) is 59.1. The maximum absolute atomic E-state index is 12.1. The second-order valence-corrected chi connectivity index (χ2v) is 39.6. The van der Waals surface area contributed by atoms with Crippen molar-refractivity contribution in [3.05, 3.63) is 0 Å². The minimum absolute atomic E-state index is 0.0139. The first kappa shape index (κ1) is 72.0. The van der Waals surface area contributed by atoms with Gasteiger partial charge in [0.1, 0.15) is 0 Å². The predicted octanol–water partition coefficient (Wildman–Crippen LogP) is 19.0. The predicted molar refractivity (Wildman–Crippen MR) is 332 cm³/mol. The average molecular weight is 1060 g/mol. The van der Waals surface area contributed by atoms with Gasteiger partial charge in [0, 0.05) is 64.8 Å². The Morgan fingerprint density at radius 3 is 0.573 bits per heavy atom. The lowest BCUT2D eigenvalue weighted by molar-refractivity contribution is -0.222. The summed E-state index contributed by atoms with van der Waals surface area (Å²) in [4.78, 5) is 34.2. The normalized spacial score (nSPS) is 29.0. The van der Waals surface area contributed by atoms with Crippen LogP contribution in [0.15, 0.2) is 0 Å². The Kier molecular flexibility index (Phi) is 20.9. The molecular formula is C69H138N4O2. The largest absolute Gasteiger partial charge is 0.291 e. The molecule has 0 aromatic carbocycles. The summed E-state index contributed by atoms with van der Waals surface area (Å²) in [5, 5.41) is 0. The Balaban J connectivity index is 0.000000594. The number of carbonyl (C=O) groups is 2. The molecule has 3 aliphatic rings. The van der Waals surface area contributed by atoms with Gasteiger partial charge in [-0.1, -0.05) is 208 Å². The highest BCUT2D eigenvalue weighted by atomic mass is 16.2. The molecule has 9 unspecified atom stereocenters. The van der Waals surface area contributed by atoms with Gasteiger partial charge >= 0.3 is 0 Å². The molecule has 6 nitrogen and oxygen atoms in total. The van der Waals surface area contributed by atoms with Gasteiger partial charge in [0.15, 0.2) is 0 Å². The van der Waals surface area contributed by atoms with Crippen LogP contribution < -0.4 is 0 Å². The molecule has 75 heavy (non-hydrogen) atoms. The Hall–Kier alpha value is -0.980. The quantitative estimate of drug-likeness (QED) is 0.226. The van der Waals surface area contributed by atoms with Crippen LogP contribution in [-0.4, -0.2) is 89.8 Å². The summed E-state index contributed by atoms with van der Waals surface area (Å²) in [6.45, 7) is 101. The molecule has 6 heteroatoms. The molecule has 2 amide bonds. The third kappa shape index (κ3) is 17.0. The summed E-state index contributed by atoms with van der Waals surface area (Å²) in [5.74, 6) is 1.69. The molecule has 0 N–H and O–H groups in total. The number of nitrogens with zero attached hydrogens (tertiary/aromatic N) is 4. The van der Waals surface area contributed by atoms with Crippen LogP contribution in [0.25, 0.3) is 0 Å². The lowest BCUT2D eigenvalue weighted by atomic mass is 9.45. The molecule has 0 aromatic rings. The fraction of sp³-hybridized carbons (Fsp3) is 0.971. The van der Waals surface area contributed by atoms with Gasteiger partial charge in [-0.05, 0) is 155 Å². The second-order valence-electron chi connectivity index (χ2n) is 39.6. The van der Waals surface area contributed by atoms with E-state index >= 15 is 0 Å². The van der Waals surface area contributed by atoms with E-state index in [-0.39, 0.29) is 88.5 Å². The highest BCUT2D eigenvalue weighted by Crippen LogP contribution is 2.63. The summed E-state index contributed by atoms with van der Waals surface area (Å²) in [7, 11) is 0. The van der Waals surface area contributed by atoms with Gasteiger partial charge in [-0.25, -0.2) is 0 Å². The lowest BCUT2D eigenvalue weighted by Gasteiger charge is -2.71. The van der Waals surface area contributed by atoms with Gasteiger partial charge in [0.05, 0.1) is 5.92 Å². The van der Waals surface area contributed by atoms with Crippen LogP contribution in [-0.2, 0) is 9.59 Å². The fourth-order valence-electron chi connectivity index (χ4n) is 15.2. The van der Waals surface area contributed by atoms with E-state index in [1.165, 1.54) is 4.90 Å². The van der Waals surface area contributed by atoms with Gasteiger partial charge in [-0.2, -0.15) is 0 Å². The number of piperazine rings is 1. The van der Waals surface area contributed by atoms with Crippen LogP contribution in [0.3, 0.4) is 0 Å². The zero-order valence-corrected chi connectivity index (χ0v) is 59.1. The molecule has 3 fully saturated rings. The summed E-state index contributed by atoms with van der Waals surface area (Å²) in [5.41, 5.74) is 1.60. The van der Waals surface area contributed by atoms with Crippen molar-refractivity contribution >= 4 is 11.8 Å². The number of likely N-dealkylation sites (tertiary alicyclic amines) is 2. The van der Waals surface area contributed by atoms with E-state index in [9.17, 15) is 9.59 Å². The van der Waals surface area contributed by atoms with Crippen LogP contribution in [0.1, 0.15) is 297 Å². The molecule has 446 valence electrons. The van der Waals surface area contributed by atoms with Crippen LogP contribution in [0.2, 0.25) is 0 Å². The summed E-state index contributed by atoms with van der Waals surface area (Å²) in [6, 6.07) is 2.90. The number of hydrogen-bond donors (Lipinski definition) is 0. The molecule has 3 heterocycles. The number of amides is 2. The molecular weight excluding hydrogens is 917 g/mol. The highest BCUT2D eigenvalue weighted by molar-refractivity contribution is 6.04. The van der Waals surface area contributed by atoms with Crippen LogP contribution >= 0.6 is 0 Å². The molecule has 0 radical (unpaired) electrons. The van der Waals surface area contributed by atoms with Gasteiger partial charge < -0.3 is 0 Å². The van der Waals surface area contributed by atoms with E-state index in [0.717, 1.165) is 0 Å². The fourth-order valence-corrected chi connectivity index (χ4v) is 15.2. The van der Waals surface area contributed by atoms with E-state index in [0.29, 0.717) is 60.4 Å². The molecule has 0 aliphatic carbocycles. The topological polar surface area (TPSA) is 47.1 Å². The van der Waals surface area contributed by atoms with Gasteiger partial charge in [0.2, 0.25) is 11.8 Å². The molecule has 3 saturated heterocycles. The molecule has 3 aliphatic heterocycles. The van der Waals surface area contributed by atoms with E-state index in [1.54, 1.807) is 0 Å². The van der Waals surface area contributed by atoms with Crippen LogP contribution in [0, 0.1) is 77.8 Å². The smallest absolute Gasteiger partial charge is 0.233 e. The molecule has 9 atom stereocenters. The number of carbonyl (C=O) groups excluding carboxylic acids is 2. The second kappa shape index (κ2) is 21.7.